The number of hydrogen-bond donors (Lipinski definition) is 1. The number of amides is 1. The number of carbonyl (C=O) groups excluding carboxylic acids is 1. The second kappa shape index (κ2) is 5.40. The van der Waals surface area contributed by atoms with Gasteiger partial charge in [0, 0.05) is 6.20 Å². The zero-order chi connectivity index (χ0) is 13.8. The molecule has 0 saturated heterocycles. The monoisotopic (exact) mass is 278 g/mol. The Hall–Kier alpha value is -2.54. The molecular formula is C11H7ClN4O3. The van der Waals surface area contributed by atoms with Crippen LogP contribution in [0.3, 0.4) is 0 Å². The molecule has 2 aromatic rings. The molecule has 96 valence electrons. The smallest absolute Gasteiger partial charge is 0.300 e. The highest BCUT2D eigenvalue weighted by molar-refractivity contribution is 6.30. The van der Waals surface area contributed by atoms with Crippen molar-refractivity contribution in [3.05, 3.63) is 57.6 Å². The van der Waals surface area contributed by atoms with Crippen molar-refractivity contribution in [1.29, 1.82) is 0 Å². The summed E-state index contributed by atoms with van der Waals surface area (Å²) >= 11 is 5.64. The molecule has 0 atom stereocenters. The van der Waals surface area contributed by atoms with Crippen LogP contribution < -0.4 is 5.32 Å². The number of nitrogens with one attached hydrogen (secondary N) is 1. The Morgan fingerprint density at radius 2 is 2.21 bits per heavy atom. The average Bonchev–Trinajstić information content (AvgIpc) is 2.39. The number of aromatic nitrogens is 2. The molecule has 1 amide bonds. The molecule has 2 rings (SSSR count). The van der Waals surface area contributed by atoms with Crippen LogP contribution in [0.4, 0.5) is 11.4 Å². The van der Waals surface area contributed by atoms with Crippen LogP contribution >= 0.6 is 11.6 Å². The van der Waals surface area contributed by atoms with Gasteiger partial charge in [0.05, 0.1) is 16.8 Å². The van der Waals surface area contributed by atoms with Crippen molar-refractivity contribution in [2.75, 3.05) is 5.32 Å². The maximum atomic E-state index is 12.0. The van der Waals surface area contributed by atoms with Gasteiger partial charge < -0.3 is 5.32 Å². The molecule has 0 unspecified atom stereocenters. The average molecular weight is 279 g/mol. The Kier molecular flexibility index (Phi) is 3.67. The molecule has 7 nitrogen and oxygen atoms in total. The van der Waals surface area contributed by atoms with Crippen LogP contribution in [-0.4, -0.2) is 20.8 Å². The molecule has 1 N–H and O–H groups in total. The quantitative estimate of drug-likeness (QED) is 0.527. The van der Waals surface area contributed by atoms with E-state index in [9.17, 15) is 14.9 Å². The minimum atomic E-state index is -0.693. The van der Waals surface area contributed by atoms with Crippen LogP contribution in [0.1, 0.15) is 10.4 Å². The van der Waals surface area contributed by atoms with Gasteiger partial charge in [0.15, 0.2) is 0 Å². The number of nitrogens with zero attached hydrogens (tertiary/aromatic N) is 3. The molecule has 0 saturated carbocycles. The van der Waals surface area contributed by atoms with E-state index in [0.29, 0.717) is 5.69 Å². The normalized spacial score (nSPS) is 9.95. The summed E-state index contributed by atoms with van der Waals surface area (Å²) < 4.78 is 0. The minimum absolute atomic E-state index is 0.00179. The number of anilines is 1. The molecule has 0 bridgehead atoms. The summed E-state index contributed by atoms with van der Waals surface area (Å²) in [5.74, 6) is -0.649. The first-order valence-electron chi connectivity index (χ1n) is 5.09. The molecule has 2 heterocycles. The van der Waals surface area contributed by atoms with Gasteiger partial charge in [-0.3, -0.25) is 19.9 Å². The van der Waals surface area contributed by atoms with Crippen molar-refractivity contribution in [3.8, 4) is 0 Å². The summed E-state index contributed by atoms with van der Waals surface area (Å²) in [5, 5.41) is 13.3. The van der Waals surface area contributed by atoms with Crippen molar-refractivity contribution in [3.63, 3.8) is 0 Å². The maximum absolute atomic E-state index is 12.0. The van der Waals surface area contributed by atoms with Gasteiger partial charge in [-0.05, 0) is 18.2 Å². The van der Waals surface area contributed by atoms with E-state index in [-0.39, 0.29) is 10.7 Å². The van der Waals surface area contributed by atoms with E-state index in [2.05, 4.69) is 15.3 Å². The van der Waals surface area contributed by atoms with Gasteiger partial charge in [-0.2, -0.15) is 0 Å². The molecular weight excluding hydrogens is 272 g/mol. The van der Waals surface area contributed by atoms with Crippen LogP contribution in [0, 0.1) is 10.1 Å². The van der Waals surface area contributed by atoms with E-state index in [1.165, 1.54) is 6.20 Å². The highest BCUT2D eigenvalue weighted by Crippen LogP contribution is 2.21. The molecule has 0 aliphatic carbocycles. The lowest BCUT2D eigenvalue weighted by Gasteiger charge is -2.05. The fourth-order valence-electron chi connectivity index (χ4n) is 1.39. The van der Waals surface area contributed by atoms with Gasteiger partial charge in [0.25, 0.3) is 11.6 Å². The first-order chi connectivity index (χ1) is 9.08. The van der Waals surface area contributed by atoms with Gasteiger partial charge in [-0.15, -0.1) is 0 Å². The molecule has 0 fully saturated rings. The molecule has 19 heavy (non-hydrogen) atoms. The Labute approximate surface area is 112 Å². The fourth-order valence-corrected chi connectivity index (χ4v) is 1.54. The number of rotatable bonds is 3. The van der Waals surface area contributed by atoms with Crippen LogP contribution in [0.25, 0.3) is 0 Å². The van der Waals surface area contributed by atoms with E-state index < -0.39 is 16.5 Å². The Bertz CT molecular complexity index is 633. The van der Waals surface area contributed by atoms with Gasteiger partial charge in [-0.1, -0.05) is 11.6 Å². The predicted octanol–water partition coefficient (Wildman–Crippen LogP) is 2.29. The number of nitro groups is 1. The summed E-state index contributed by atoms with van der Waals surface area (Å²) in [7, 11) is 0. The van der Waals surface area contributed by atoms with Gasteiger partial charge in [0.1, 0.15) is 16.9 Å². The fraction of sp³-hybridized carbons (Fsp3) is 0. The maximum Gasteiger partial charge on any atom is 0.300 e. The summed E-state index contributed by atoms with van der Waals surface area (Å²) in [6.45, 7) is 0. The SMILES string of the molecule is O=C(Nc1cccnc1)c1cc(Cl)ncc1[N+](=O)[O-]. The van der Waals surface area contributed by atoms with Crippen LogP contribution in [0.15, 0.2) is 36.8 Å². The zero-order valence-electron chi connectivity index (χ0n) is 9.41. The summed E-state index contributed by atoms with van der Waals surface area (Å²) in [6, 6.07) is 4.38. The number of pyridine rings is 2. The van der Waals surface area contributed by atoms with E-state index in [1.54, 1.807) is 18.3 Å². The predicted molar refractivity (Wildman–Crippen MR) is 68.1 cm³/mol. The van der Waals surface area contributed by atoms with Crippen molar-refractivity contribution in [2.45, 2.75) is 0 Å². The molecule has 0 aliphatic rings. The van der Waals surface area contributed by atoms with E-state index in [1.807, 2.05) is 0 Å². The lowest BCUT2D eigenvalue weighted by Crippen LogP contribution is -2.14. The second-order valence-electron chi connectivity index (χ2n) is 3.48. The Morgan fingerprint density at radius 3 is 2.84 bits per heavy atom. The zero-order valence-corrected chi connectivity index (χ0v) is 10.2. The van der Waals surface area contributed by atoms with E-state index in [0.717, 1.165) is 12.3 Å². The van der Waals surface area contributed by atoms with Crippen molar-refractivity contribution >= 4 is 28.9 Å². The number of hydrogen-bond acceptors (Lipinski definition) is 5. The molecule has 0 spiro atoms. The first kappa shape index (κ1) is 12.9. The summed E-state index contributed by atoms with van der Waals surface area (Å²) in [4.78, 5) is 29.5. The molecule has 0 aromatic carbocycles. The minimum Gasteiger partial charge on any atom is -0.320 e. The molecule has 0 aliphatic heterocycles. The Morgan fingerprint density at radius 1 is 1.42 bits per heavy atom. The molecule has 2 aromatic heterocycles. The van der Waals surface area contributed by atoms with Gasteiger partial charge in [-0.25, -0.2) is 4.98 Å². The lowest BCUT2D eigenvalue weighted by atomic mass is 10.2. The standard InChI is InChI=1S/C11H7ClN4O3/c12-10-4-8(9(6-14-10)16(18)19)11(17)15-7-2-1-3-13-5-7/h1-6H,(H,15,17). The molecule has 0 radical (unpaired) electrons. The van der Waals surface area contributed by atoms with Crippen molar-refractivity contribution < 1.29 is 9.72 Å². The summed E-state index contributed by atoms with van der Waals surface area (Å²) in [6.07, 6.45) is 3.91. The highest BCUT2D eigenvalue weighted by Gasteiger charge is 2.21. The number of halogens is 1. The third-order valence-corrected chi connectivity index (χ3v) is 2.42. The number of carbonyl (C=O) groups is 1. The van der Waals surface area contributed by atoms with E-state index >= 15 is 0 Å². The van der Waals surface area contributed by atoms with Gasteiger partial charge in [0.2, 0.25) is 0 Å². The second-order valence-corrected chi connectivity index (χ2v) is 3.86. The summed E-state index contributed by atoms with van der Waals surface area (Å²) in [5.41, 5.74) is -0.144. The van der Waals surface area contributed by atoms with Crippen LogP contribution in [-0.2, 0) is 0 Å². The van der Waals surface area contributed by atoms with Gasteiger partial charge >= 0.3 is 0 Å². The van der Waals surface area contributed by atoms with Crippen molar-refractivity contribution in [2.24, 2.45) is 0 Å². The molecule has 8 heteroatoms. The third-order valence-electron chi connectivity index (χ3n) is 2.21. The van der Waals surface area contributed by atoms with Crippen molar-refractivity contribution in [1.82, 2.24) is 9.97 Å². The van der Waals surface area contributed by atoms with Crippen LogP contribution in [0.5, 0.6) is 0 Å². The lowest BCUT2D eigenvalue weighted by molar-refractivity contribution is -0.385. The highest BCUT2D eigenvalue weighted by atomic mass is 35.5. The topological polar surface area (TPSA) is 98.0 Å². The largest absolute Gasteiger partial charge is 0.320 e. The first-order valence-corrected chi connectivity index (χ1v) is 5.47. The van der Waals surface area contributed by atoms with Crippen LogP contribution in [0.2, 0.25) is 5.15 Å². The third kappa shape index (κ3) is 3.02. The van der Waals surface area contributed by atoms with E-state index in [4.69, 9.17) is 11.6 Å². The Balaban J connectivity index is 2.33.